The molecule has 1 aliphatic rings. The van der Waals surface area contributed by atoms with Gasteiger partial charge in [-0.05, 0) is 44.9 Å². The van der Waals surface area contributed by atoms with Crippen LogP contribution in [0.5, 0.6) is 0 Å². The van der Waals surface area contributed by atoms with Gasteiger partial charge in [-0.3, -0.25) is 18.7 Å². The van der Waals surface area contributed by atoms with Crippen LogP contribution in [0.2, 0.25) is 0 Å². The molecule has 150 valence electrons. The minimum absolute atomic E-state index is 0. The van der Waals surface area contributed by atoms with Crippen molar-refractivity contribution >= 4 is 41.8 Å². The van der Waals surface area contributed by atoms with Crippen LogP contribution in [-0.4, -0.2) is 38.7 Å². The average Bonchev–Trinajstić information content (AvgIpc) is 2.59. The number of aryl methyl sites for hydroxylation is 2. The zero-order valence-electron chi connectivity index (χ0n) is 15.7. The van der Waals surface area contributed by atoms with Gasteiger partial charge in [0.25, 0.3) is 11.5 Å². The van der Waals surface area contributed by atoms with Gasteiger partial charge >= 0.3 is 5.69 Å². The largest absolute Gasteiger partial charge is 0.346 e. The number of piperidine rings is 1. The second-order valence-corrected chi connectivity index (χ2v) is 6.69. The van der Waals surface area contributed by atoms with Gasteiger partial charge in [-0.1, -0.05) is 0 Å². The molecule has 2 unspecified atom stereocenters. The Labute approximate surface area is 169 Å². The van der Waals surface area contributed by atoms with Crippen LogP contribution in [0.4, 0.5) is 0 Å². The minimum Gasteiger partial charge on any atom is -0.346 e. The first-order chi connectivity index (χ1) is 11.8. The van der Waals surface area contributed by atoms with Crippen molar-refractivity contribution in [2.45, 2.75) is 38.8 Å². The molecule has 27 heavy (non-hydrogen) atoms. The number of fused-ring (bicyclic) bond motifs is 1. The molecule has 0 radical (unpaired) electrons. The van der Waals surface area contributed by atoms with Crippen LogP contribution in [0.15, 0.2) is 15.7 Å². The first-order valence-electron chi connectivity index (χ1n) is 8.43. The Hall–Kier alpha value is -1.90. The molecule has 3 rings (SSSR count). The Kier molecular flexibility index (Phi) is 7.59. The molecular formula is C17H25Cl2N5O3. The van der Waals surface area contributed by atoms with E-state index in [-0.39, 0.29) is 54.1 Å². The molecule has 1 amide bonds. The molecule has 0 saturated carbocycles. The highest BCUT2D eigenvalue weighted by atomic mass is 35.5. The second kappa shape index (κ2) is 8.86. The molecule has 2 atom stereocenters. The highest BCUT2D eigenvalue weighted by Crippen LogP contribution is 2.14. The van der Waals surface area contributed by atoms with Gasteiger partial charge in [0, 0.05) is 26.2 Å². The van der Waals surface area contributed by atoms with Crippen molar-refractivity contribution in [3.63, 3.8) is 0 Å². The van der Waals surface area contributed by atoms with Crippen molar-refractivity contribution in [1.82, 2.24) is 24.8 Å². The maximum atomic E-state index is 12.6. The summed E-state index contributed by atoms with van der Waals surface area (Å²) in [5.74, 6) is -0.293. The van der Waals surface area contributed by atoms with Crippen molar-refractivity contribution in [3.8, 4) is 0 Å². The smallest absolute Gasteiger partial charge is 0.332 e. The summed E-state index contributed by atoms with van der Waals surface area (Å²) in [4.78, 5) is 41.4. The highest BCUT2D eigenvalue weighted by Gasteiger charge is 2.24. The summed E-state index contributed by atoms with van der Waals surface area (Å²) in [5, 5.41) is 6.69. The first-order valence-corrected chi connectivity index (χ1v) is 8.43. The van der Waals surface area contributed by atoms with Crippen molar-refractivity contribution in [2.24, 2.45) is 14.1 Å². The molecule has 2 N–H and O–H groups in total. The zero-order chi connectivity index (χ0) is 18.3. The quantitative estimate of drug-likeness (QED) is 0.747. The van der Waals surface area contributed by atoms with Crippen LogP contribution in [0.1, 0.15) is 35.8 Å². The Morgan fingerprint density at radius 3 is 2.56 bits per heavy atom. The first kappa shape index (κ1) is 23.1. The number of nitrogens with zero attached hydrogens (tertiary/aromatic N) is 3. The molecular weight excluding hydrogens is 393 g/mol. The van der Waals surface area contributed by atoms with Gasteiger partial charge in [-0.2, -0.15) is 0 Å². The minimum atomic E-state index is -0.466. The Morgan fingerprint density at radius 1 is 1.26 bits per heavy atom. The lowest BCUT2D eigenvalue weighted by atomic mass is 9.99. The van der Waals surface area contributed by atoms with Crippen molar-refractivity contribution in [1.29, 1.82) is 0 Å². The summed E-state index contributed by atoms with van der Waals surface area (Å²) in [7, 11) is 2.98. The van der Waals surface area contributed by atoms with Crippen LogP contribution in [0.3, 0.4) is 0 Å². The zero-order valence-corrected chi connectivity index (χ0v) is 17.4. The predicted molar refractivity (Wildman–Crippen MR) is 109 cm³/mol. The third kappa shape index (κ3) is 4.17. The van der Waals surface area contributed by atoms with E-state index >= 15 is 0 Å². The number of pyridine rings is 1. The van der Waals surface area contributed by atoms with Gasteiger partial charge in [0.15, 0.2) is 0 Å². The summed E-state index contributed by atoms with van der Waals surface area (Å²) < 4.78 is 2.34. The van der Waals surface area contributed by atoms with Crippen LogP contribution >= 0.6 is 24.8 Å². The van der Waals surface area contributed by atoms with Crippen LogP contribution in [0, 0.1) is 6.92 Å². The lowest BCUT2D eigenvalue weighted by Gasteiger charge is -2.30. The standard InChI is InChI=1S/C17H23N5O3.2ClH/c1-9-8-12(15(23)20-11-6-5-7-18-10(11)2)19-14-13(9)16(24)22(4)17(25)21(14)3;;/h8,10-11,18H,5-7H2,1-4H3,(H,20,23);2*1H. The van der Waals surface area contributed by atoms with E-state index in [0.29, 0.717) is 10.9 Å². The van der Waals surface area contributed by atoms with E-state index in [1.165, 1.54) is 11.6 Å². The van der Waals surface area contributed by atoms with E-state index in [0.717, 1.165) is 24.0 Å². The summed E-state index contributed by atoms with van der Waals surface area (Å²) in [6, 6.07) is 1.83. The second-order valence-electron chi connectivity index (χ2n) is 6.69. The number of carbonyl (C=O) groups excluding carboxylic acids is 1. The van der Waals surface area contributed by atoms with E-state index in [1.54, 1.807) is 20.0 Å². The summed E-state index contributed by atoms with van der Waals surface area (Å²) >= 11 is 0. The summed E-state index contributed by atoms with van der Waals surface area (Å²) in [6.45, 7) is 4.74. The fourth-order valence-corrected chi connectivity index (χ4v) is 3.33. The molecule has 1 aliphatic heterocycles. The lowest BCUT2D eigenvalue weighted by Crippen LogP contribution is -2.52. The number of hydrogen-bond acceptors (Lipinski definition) is 5. The lowest BCUT2D eigenvalue weighted by molar-refractivity contribution is 0.0915. The number of rotatable bonds is 2. The third-order valence-corrected chi connectivity index (χ3v) is 4.92. The fraction of sp³-hybridized carbons (Fsp3) is 0.529. The van der Waals surface area contributed by atoms with Gasteiger partial charge < -0.3 is 10.6 Å². The van der Waals surface area contributed by atoms with Crippen LogP contribution < -0.4 is 21.9 Å². The normalized spacial score (nSPS) is 19.1. The van der Waals surface area contributed by atoms with E-state index in [1.807, 2.05) is 6.92 Å². The van der Waals surface area contributed by atoms with Crippen molar-refractivity contribution in [2.75, 3.05) is 6.54 Å². The molecule has 8 nitrogen and oxygen atoms in total. The molecule has 3 heterocycles. The number of carbonyl (C=O) groups is 1. The molecule has 2 aromatic heterocycles. The van der Waals surface area contributed by atoms with Gasteiger partial charge in [0.2, 0.25) is 0 Å². The summed E-state index contributed by atoms with van der Waals surface area (Å²) in [5.41, 5.74) is 0.201. The van der Waals surface area contributed by atoms with E-state index in [2.05, 4.69) is 15.6 Å². The van der Waals surface area contributed by atoms with Gasteiger partial charge in [-0.15, -0.1) is 24.8 Å². The fourth-order valence-electron chi connectivity index (χ4n) is 3.33. The number of nitrogens with one attached hydrogen (secondary N) is 2. The Balaban J connectivity index is 0.00000182. The van der Waals surface area contributed by atoms with Crippen LogP contribution in [0.25, 0.3) is 11.0 Å². The van der Waals surface area contributed by atoms with Crippen molar-refractivity contribution in [3.05, 3.63) is 38.2 Å². The maximum Gasteiger partial charge on any atom is 0.332 e. The van der Waals surface area contributed by atoms with Gasteiger partial charge in [0.1, 0.15) is 11.3 Å². The van der Waals surface area contributed by atoms with Gasteiger partial charge in [0.05, 0.1) is 5.39 Å². The molecule has 10 heteroatoms. The molecule has 0 spiro atoms. The Morgan fingerprint density at radius 2 is 1.93 bits per heavy atom. The Bertz CT molecular complexity index is 970. The van der Waals surface area contributed by atoms with Crippen molar-refractivity contribution < 1.29 is 4.79 Å². The molecule has 0 bridgehead atoms. The number of hydrogen-bond donors (Lipinski definition) is 2. The maximum absolute atomic E-state index is 12.6. The third-order valence-electron chi connectivity index (χ3n) is 4.92. The molecule has 0 aliphatic carbocycles. The van der Waals surface area contributed by atoms with E-state index < -0.39 is 11.2 Å². The van der Waals surface area contributed by atoms with Crippen LogP contribution in [-0.2, 0) is 14.1 Å². The van der Waals surface area contributed by atoms with Gasteiger partial charge in [-0.25, -0.2) is 9.78 Å². The molecule has 1 fully saturated rings. The SMILES string of the molecule is Cc1cc(C(=O)NC2CCCNC2C)nc2c1c(=O)n(C)c(=O)n2C.Cl.Cl. The number of halogens is 2. The molecule has 2 aromatic rings. The number of aromatic nitrogens is 3. The molecule has 1 saturated heterocycles. The average molecular weight is 418 g/mol. The van der Waals surface area contributed by atoms with E-state index in [9.17, 15) is 14.4 Å². The topological polar surface area (TPSA) is 98.0 Å². The highest BCUT2D eigenvalue weighted by molar-refractivity contribution is 5.95. The monoisotopic (exact) mass is 417 g/mol. The molecule has 0 aromatic carbocycles. The predicted octanol–water partition coefficient (Wildman–Crippen LogP) is 0.655. The van der Waals surface area contributed by atoms with E-state index in [4.69, 9.17) is 0 Å². The number of amides is 1. The summed E-state index contributed by atoms with van der Waals surface area (Å²) in [6.07, 6.45) is 1.91.